The highest BCUT2D eigenvalue weighted by atomic mass is 31.2. The van der Waals surface area contributed by atoms with E-state index in [1.165, 1.54) is 25.4 Å². The first-order chi connectivity index (χ1) is 16.6. The number of aromatic nitrogens is 1. The molecule has 12 heteroatoms. The second-order valence-electron chi connectivity index (χ2n) is 8.11. The molecule has 5 atom stereocenters. The van der Waals surface area contributed by atoms with Crippen molar-refractivity contribution >= 4 is 19.7 Å². The molecule has 35 heavy (non-hydrogen) atoms. The van der Waals surface area contributed by atoms with Crippen molar-refractivity contribution in [2.24, 2.45) is 0 Å². The largest absolute Gasteiger partial charge is 0.462 e. The highest BCUT2D eigenvalue weighted by Crippen LogP contribution is 2.45. The van der Waals surface area contributed by atoms with Gasteiger partial charge in [-0.3, -0.25) is 14.3 Å². The number of benzene rings is 1. The van der Waals surface area contributed by atoms with Crippen LogP contribution in [0.1, 0.15) is 37.6 Å². The average Bonchev–Trinajstić information content (AvgIpc) is 3.17. The summed E-state index contributed by atoms with van der Waals surface area (Å²) in [5.41, 5.74) is 0.204. The summed E-state index contributed by atoms with van der Waals surface area (Å²) < 4.78 is 40.6. The first kappa shape index (κ1) is 26.8. The van der Waals surface area contributed by atoms with Crippen molar-refractivity contribution in [3.8, 4) is 5.75 Å². The van der Waals surface area contributed by atoms with Crippen molar-refractivity contribution in [1.82, 2.24) is 10.1 Å². The molecule has 0 aliphatic carbocycles. The molecule has 2 heterocycles. The van der Waals surface area contributed by atoms with Crippen LogP contribution in [-0.4, -0.2) is 59.3 Å². The fourth-order valence-corrected chi connectivity index (χ4v) is 4.62. The van der Waals surface area contributed by atoms with Crippen molar-refractivity contribution in [3.05, 3.63) is 60.4 Å². The Kier molecular flexibility index (Phi) is 9.36. The zero-order valence-electron chi connectivity index (χ0n) is 19.6. The van der Waals surface area contributed by atoms with Crippen LogP contribution in [0.25, 0.3) is 0 Å². The summed E-state index contributed by atoms with van der Waals surface area (Å²) in [5.74, 6) is -1.08. The smallest absolute Gasteiger partial charge is 0.459 e. The van der Waals surface area contributed by atoms with E-state index in [0.717, 1.165) is 0 Å². The molecule has 1 aliphatic rings. The Labute approximate surface area is 203 Å². The summed E-state index contributed by atoms with van der Waals surface area (Å²) in [6, 6.07) is 10.4. The lowest BCUT2D eigenvalue weighted by molar-refractivity contribution is -0.149. The van der Waals surface area contributed by atoms with E-state index in [1.807, 2.05) is 0 Å². The Balaban J connectivity index is 1.62. The Hall–Kier alpha value is -2.82. The number of para-hydroxylation sites is 1. The number of aliphatic hydroxyl groups excluding tert-OH is 1. The molecule has 11 nitrogen and oxygen atoms in total. The molecule has 0 saturated carbocycles. The van der Waals surface area contributed by atoms with E-state index < -0.39 is 44.2 Å². The third kappa shape index (κ3) is 8.12. The maximum Gasteiger partial charge on any atom is 0.459 e. The maximum atomic E-state index is 13.5. The number of ether oxygens (including phenoxy) is 3. The van der Waals surface area contributed by atoms with Crippen molar-refractivity contribution in [3.63, 3.8) is 0 Å². The number of hydrogen-bond acceptors (Lipinski definition) is 10. The van der Waals surface area contributed by atoms with Crippen LogP contribution < -0.4 is 9.61 Å². The van der Waals surface area contributed by atoms with Crippen molar-refractivity contribution in [1.29, 1.82) is 0 Å². The topological polar surface area (TPSA) is 143 Å². The van der Waals surface area contributed by atoms with Crippen LogP contribution in [0.3, 0.4) is 0 Å². The number of nitrogens with zero attached hydrogens (tertiary/aromatic N) is 1. The van der Waals surface area contributed by atoms with Gasteiger partial charge < -0.3 is 23.8 Å². The van der Waals surface area contributed by atoms with E-state index in [0.29, 0.717) is 0 Å². The Morgan fingerprint density at radius 2 is 1.94 bits per heavy atom. The molecule has 1 aromatic carbocycles. The molecule has 1 aromatic heterocycles. The highest BCUT2D eigenvalue weighted by Gasteiger charge is 2.40. The standard InChI is InChI=1S/C23H29N2O9P/c1-15(2)31-21(27)16(3)25-35(29,34-18-9-5-4-6-10-18)30-14-19-12-20(26)23(32-19)33-22(28)17-8-7-11-24-13-17/h4-11,13,15-16,19-20,23,26H,12,14H2,1-3H3,(H,25,29)/t16-,19+,20-,23?,35?/m1/s1. The molecule has 0 radical (unpaired) electrons. The Morgan fingerprint density at radius 1 is 1.20 bits per heavy atom. The van der Waals surface area contributed by atoms with Gasteiger partial charge >= 0.3 is 19.7 Å². The predicted molar refractivity (Wildman–Crippen MR) is 123 cm³/mol. The normalized spacial score (nSPS) is 22.3. The van der Waals surface area contributed by atoms with Crippen LogP contribution >= 0.6 is 7.75 Å². The molecule has 1 fully saturated rings. The van der Waals surface area contributed by atoms with Crippen LogP contribution in [-0.2, 0) is 28.1 Å². The number of esters is 2. The molecule has 1 saturated heterocycles. The third-order valence-electron chi connectivity index (χ3n) is 4.72. The van der Waals surface area contributed by atoms with Gasteiger partial charge in [-0.05, 0) is 45.0 Å². The highest BCUT2D eigenvalue weighted by molar-refractivity contribution is 7.52. The molecule has 2 aromatic rings. The molecule has 190 valence electrons. The van der Waals surface area contributed by atoms with Crippen LogP contribution in [0, 0.1) is 0 Å². The van der Waals surface area contributed by atoms with Crippen LogP contribution in [0.4, 0.5) is 0 Å². The molecule has 0 spiro atoms. The summed E-state index contributed by atoms with van der Waals surface area (Å²) in [6.07, 6.45) is -0.575. The maximum absolute atomic E-state index is 13.5. The van der Waals surface area contributed by atoms with E-state index in [4.69, 9.17) is 23.3 Å². The van der Waals surface area contributed by atoms with Gasteiger partial charge in [-0.1, -0.05) is 18.2 Å². The fourth-order valence-electron chi connectivity index (χ4n) is 3.10. The SMILES string of the molecule is CC(C)OC(=O)[C@@H](C)NP(=O)(OC[C@@H]1C[C@@H](O)C(OC(=O)c2cccnc2)O1)Oc1ccccc1. The Morgan fingerprint density at radius 3 is 2.60 bits per heavy atom. The minimum absolute atomic E-state index is 0.0568. The second kappa shape index (κ2) is 12.2. The van der Waals surface area contributed by atoms with Crippen molar-refractivity contribution in [2.75, 3.05) is 6.61 Å². The van der Waals surface area contributed by atoms with Gasteiger partial charge in [-0.15, -0.1) is 0 Å². The van der Waals surface area contributed by atoms with Gasteiger partial charge in [-0.25, -0.2) is 9.36 Å². The van der Waals surface area contributed by atoms with E-state index in [9.17, 15) is 19.3 Å². The zero-order valence-corrected chi connectivity index (χ0v) is 20.5. The minimum atomic E-state index is -4.09. The van der Waals surface area contributed by atoms with Crippen molar-refractivity contribution in [2.45, 2.75) is 57.8 Å². The molecule has 1 aliphatic heterocycles. The van der Waals surface area contributed by atoms with Gasteiger partial charge in [0.15, 0.2) is 0 Å². The van der Waals surface area contributed by atoms with Crippen LogP contribution in [0.5, 0.6) is 5.75 Å². The average molecular weight is 508 g/mol. The summed E-state index contributed by atoms with van der Waals surface area (Å²) >= 11 is 0. The van der Waals surface area contributed by atoms with Crippen LogP contribution in [0.2, 0.25) is 0 Å². The van der Waals surface area contributed by atoms with Crippen molar-refractivity contribution < 1.29 is 42.5 Å². The van der Waals surface area contributed by atoms with E-state index in [1.54, 1.807) is 50.2 Å². The van der Waals surface area contributed by atoms with E-state index >= 15 is 0 Å². The van der Waals surface area contributed by atoms with Gasteiger partial charge in [0.1, 0.15) is 17.9 Å². The lowest BCUT2D eigenvalue weighted by atomic mass is 10.2. The lowest BCUT2D eigenvalue weighted by Gasteiger charge is -2.24. The van der Waals surface area contributed by atoms with Gasteiger partial charge in [-0.2, -0.15) is 5.09 Å². The molecule has 2 N–H and O–H groups in total. The fraction of sp³-hybridized carbons (Fsp3) is 0.435. The summed E-state index contributed by atoms with van der Waals surface area (Å²) in [7, 11) is -4.09. The number of hydrogen-bond donors (Lipinski definition) is 2. The first-order valence-electron chi connectivity index (χ1n) is 11.1. The molecule has 0 bridgehead atoms. The zero-order chi connectivity index (χ0) is 25.4. The summed E-state index contributed by atoms with van der Waals surface area (Å²) in [4.78, 5) is 28.3. The number of carbonyl (C=O) groups is 2. The number of nitrogens with one attached hydrogen (secondary N) is 1. The number of aliphatic hydroxyl groups is 1. The summed E-state index contributed by atoms with van der Waals surface area (Å²) in [6.45, 7) is 4.59. The lowest BCUT2D eigenvalue weighted by Crippen LogP contribution is -2.36. The molecule has 3 rings (SSSR count). The number of pyridine rings is 1. The van der Waals surface area contributed by atoms with Gasteiger partial charge in [0.25, 0.3) is 0 Å². The van der Waals surface area contributed by atoms with Gasteiger partial charge in [0, 0.05) is 18.8 Å². The van der Waals surface area contributed by atoms with Crippen LogP contribution in [0.15, 0.2) is 54.9 Å². The predicted octanol–water partition coefficient (Wildman–Crippen LogP) is 2.85. The quantitative estimate of drug-likeness (QED) is 0.342. The van der Waals surface area contributed by atoms with Gasteiger partial charge in [0.2, 0.25) is 6.29 Å². The number of carbonyl (C=O) groups excluding carboxylic acids is 2. The summed E-state index contributed by atoms with van der Waals surface area (Å²) in [5, 5.41) is 12.8. The minimum Gasteiger partial charge on any atom is -0.462 e. The molecule has 2 unspecified atom stereocenters. The monoisotopic (exact) mass is 508 g/mol. The molecular formula is C23H29N2O9P. The van der Waals surface area contributed by atoms with Gasteiger partial charge in [0.05, 0.1) is 24.4 Å². The number of rotatable bonds is 11. The second-order valence-corrected chi connectivity index (χ2v) is 9.80. The van der Waals surface area contributed by atoms with E-state index in [-0.39, 0.29) is 30.4 Å². The first-order valence-corrected chi connectivity index (χ1v) is 12.6. The molecule has 0 amide bonds. The van der Waals surface area contributed by atoms with E-state index in [2.05, 4.69) is 10.1 Å². The third-order valence-corrected chi connectivity index (χ3v) is 6.37. The molecular weight excluding hydrogens is 479 g/mol. The Bertz CT molecular complexity index is 1020.